The molecule has 0 aliphatic carbocycles. The Morgan fingerprint density at radius 3 is 2.58 bits per heavy atom. The second-order valence-electron chi connectivity index (χ2n) is 7.73. The van der Waals surface area contributed by atoms with Gasteiger partial charge in [0.2, 0.25) is 0 Å². The Balaban J connectivity index is 1.24. The molecule has 1 aromatic heterocycles. The molecule has 0 unspecified atom stereocenters. The fourth-order valence-corrected chi connectivity index (χ4v) is 4.91. The quantitative estimate of drug-likeness (QED) is 0.883. The summed E-state index contributed by atoms with van der Waals surface area (Å²) < 4.78 is 0. The summed E-state index contributed by atoms with van der Waals surface area (Å²) in [5.41, 5.74) is 0.252. The molecule has 4 saturated heterocycles. The average Bonchev–Trinajstić information content (AvgIpc) is 3.28. The van der Waals surface area contributed by atoms with Crippen LogP contribution in [0.1, 0.15) is 32.1 Å². The number of piperidine rings is 3. The lowest BCUT2D eigenvalue weighted by atomic mass is 9.72. The molecule has 6 heterocycles. The van der Waals surface area contributed by atoms with Gasteiger partial charge in [0, 0.05) is 19.6 Å². The van der Waals surface area contributed by atoms with Crippen LogP contribution in [0.15, 0.2) is 24.3 Å². The van der Waals surface area contributed by atoms with Crippen LogP contribution in [0.4, 0.5) is 11.6 Å². The van der Waals surface area contributed by atoms with E-state index in [1.54, 1.807) is 0 Å². The maximum atomic E-state index is 4.58. The van der Waals surface area contributed by atoms with Crippen molar-refractivity contribution in [2.45, 2.75) is 37.6 Å². The van der Waals surface area contributed by atoms with Crippen molar-refractivity contribution in [2.75, 3.05) is 42.9 Å². The van der Waals surface area contributed by atoms with Gasteiger partial charge in [-0.3, -0.25) is 0 Å². The van der Waals surface area contributed by atoms with E-state index in [1.807, 2.05) is 12.4 Å². The van der Waals surface area contributed by atoms with E-state index in [1.165, 1.54) is 45.3 Å². The maximum Gasteiger partial charge on any atom is 0.150 e. The number of rotatable bonds is 3. The third-order valence-electron chi connectivity index (χ3n) is 6.26. The van der Waals surface area contributed by atoms with E-state index in [2.05, 4.69) is 36.5 Å². The highest BCUT2D eigenvalue weighted by Crippen LogP contribution is 2.41. The third-order valence-corrected chi connectivity index (χ3v) is 6.26. The normalized spacial score (nSPS) is 34.5. The van der Waals surface area contributed by atoms with E-state index in [4.69, 9.17) is 0 Å². The van der Waals surface area contributed by atoms with Gasteiger partial charge in [0.15, 0.2) is 0 Å². The third kappa shape index (κ3) is 2.44. The molecule has 6 heteroatoms. The molecule has 1 spiro atoms. The molecule has 128 valence electrons. The van der Waals surface area contributed by atoms with Crippen LogP contribution in [-0.4, -0.2) is 53.1 Å². The first kappa shape index (κ1) is 14.5. The topological polar surface area (TPSA) is 56.3 Å². The lowest BCUT2D eigenvalue weighted by Gasteiger charge is -2.52. The second kappa shape index (κ2) is 5.62. The standard InChI is InChI=1S/C18H26N6/c1-2-8-24(7-1)17-12-19-16(11-20-17)21-15-3-6-18(22-15)13-23-9-4-14(18)5-10-23/h3,11-12,14,22H,1-2,4-10,13H2,(H,19,21)/t18-/m0/s1. The Bertz CT molecular complexity index is 627. The maximum absolute atomic E-state index is 4.58. The molecule has 5 aliphatic rings. The van der Waals surface area contributed by atoms with Crippen molar-refractivity contribution in [2.24, 2.45) is 5.92 Å². The molecule has 0 amide bonds. The van der Waals surface area contributed by atoms with Crippen molar-refractivity contribution in [1.82, 2.24) is 20.2 Å². The smallest absolute Gasteiger partial charge is 0.150 e. The zero-order valence-electron chi connectivity index (χ0n) is 14.2. The van der Waals surface area contributed by atoms with Gasteiger partial charge in [0.25, 0.3) is 0 Å². The van der Waals surface area contributed by atoms with Crippen LogP contribution in [0.3, 0.4) is 0 Å². The monoisotopic (exact) mass is 326 g/mol. The molecule has 6 rings (SSSR count). The molecule has 0 saturated carbocycles. The molecular weight excluding hydrogens is 300 g/mol. The second-order valence-corrected chi connectivity index (χ2v) is 7.73. The lowest BCUT2D eigenvalue weighted by Crippen LogP contribution is -2.64. The van der Waals surface area contributed by atoms with Crippen LogP contribution in [0.2, 0.25) is 0 Å². The van der Waals surface area contributed by atoms with Gasteiger partial charge in [-0.05, 0) is 57.2 Å². The number of hydrogen-bond donors (Lipinski definition) is 2. The van der Waals surface area contributed by atoms with Gasteiger partial charge >= 0.3 is 0 Å². The van der Waals surface area contributed by atoms with E-state index >= 15 is 0 Å². The summed E-state index contributed by atoms with van der Waals surface area (Å²) in [7, 11) is 0. The molecule has 0 aromatic carbocycles. The van der Waals surface area contributed by atoms with E-state index in [0.29, 0.717) is 0 Å². The summed E-state index contributed by atoms with van der Waals surface area (Å²) in [6, 6.07) is 0. The van der Waals surface area contributed by atoms with Gasteiger partial charge in [-0.2, -0.15) is 0 Å². The molecule has 1 aromatic rings. The summed E-state index contributed by atoms with van der Waals surface area (Å²) >= 11 is 0. The van der Waals surface area contributed by atoms with Crippen molar-refractivity contribution in [3.8, 4) is 0 Å². The first-order valence-electron chi connectivity index (χ1n) is 9.35. The summed E-state index contributed by atoms with van der Waals surface area (Å²) in [5.74, 6) is 3.74. The first-order chi connectivity index (χ1) is 11.8. The predicted molar refractivity (Wildman–Crippen MR) is 94.8 cm³/mol. The van der Waals surface area contributed by atoms with Crippen LogP contribution < -0.4 is 15.5 Å². The number of nitrogens with one attached hydrogen (secondary N) is 2. The number of anilines is 2. The highest BCUT2D eigenvalue weighted by atomic mass is 15.3. The molecule has 2 bridgehead atoms. The van der Waals surface area contributed by atoms with E-state index in [0.717, 1.165) is 42.9 Å². The van der Waals surface area contributed by atoms with Gasteiger partial charge in [0.05, 0.1) is 17.9 Å². The van der Waals surface area contributed by atoms with Crippen molar-refractivity contribution < 1.29 is 0 Å². The van der Waals surface area contributed by atoms with Crippen molar-refractivity contribution in [3.63, 3.8) is 0 Å². The van der Waals surface area contributed by atoms with E-state index in [9.17, 15) is 0 Å². The van der Waals surface area contributed by atoms with E-state index < -0.39 is 0 Å². The average molecular weight is 326 g/mol. The first-order valence-corrected chi connectivity index (χ1v) is 9.35. The molecule has 2 N–H and O–H groups in total. The van der Waals surface area contributed by atoms with Crippen molar-refractivity contribution in [3.05, 3.63) is 24.3 Å². The number of hydrogen-bond acceptors (Lipinski definition) is 6. The lowest BCUT2D eigenvalue weighted by molar-refractivity contribution is 0.0189. The molecular formula is C18H26N6. The molecule has 1 atom stereocenters. The van der Waals surface area contributed by atoms with E-state index in [-0.39, 0.29) is 5.54 Å². The Morgan fingerprint density at radius 1 is 1.08 bits per heavy atom. The zero-order valence-corrected chi connectivity index (χ0v) is 14.2. The molecule has 5 aliphatic heterocycles. The fourth-order valence-electron chi connectivity index (χ4n) is 4.91. The Kier molecular flexibility index (Phi) is 3.40. The molecule has 6 nitrogen and oxygen atoms in total. The predicted octanol–water partition coefficient (Wildman–Crippen LogP) is 1.79. The van der Waals surface area contributed by atoms with Crippen LogP contribution >= 0.6 is 0 Å². The van der Waals surface area contributed by atoms with Gasteiger partial charge in [0.1, 0.15) is 17.5 Å². The SMILES string of the molecule is C1=C(Nc2cnc(N3CCCC3)cn2)N[C@@]2(C1)CN1CCC2CC1. The molecule has 4 fully saturated rings. The van der Waals surface area contributed by atoms with Gasteiger partial charge in [-0.25, -0.2) is 9.97 Å². The van der Waals surface area contributed by atoms with Crippen molar-refractivity contribution in [1.29, 1.82) is 0 Å². The fraction of sp³-hybridized carbons (Fsp3) is 0.667. The van der Waals surface area contributed by atoms with Crippen LogP contribution in [0.25, 0.3) is 0 Å². The highest BCUT2D eigenvalue weighted by Gasteiger charge is 2.48. The van der Waals surface area contributed by atoms with Crippen LogP contribution in [-0.2, 0) is 0 Å². The van der Waals surface area contributed by atoms with Crippen LogP contribution in [0.5, 0.6) is 0 Å². The minimum absolute atomic E-state index is 0.252. The summed E-state index contributed by atoms with van der Waals surface area (Å²) in [6.07, 6.45) is 12.4. The minimum atomic E-state index is 0.252. The van der Waals surface area contributed by atoms with Crippen LogP contribution in [0, 0.1) is 5.92 Å². The van der Waals surface area contributed by atoms with Gasteiger partial charge < -0.3 is 20.4 Å². The molecule has 0 radical (unpaired) electrons. The highest BCUT2D eigenvalue weighted by molar-refractivity contribution is 5.46. The number of fused-ring (bicyclic) bond motifs is 2. The minimum Gasteiger partial charge on any atom is -0.365 e. The Hall–Kier alpha value is -1.82. The Morgan fingerprint density at radius 2 is 1.92 bits per heavy atom. The zero-order chi connectivity index (χ0) is 16.0. The summed E-state index contributed by atoms with van der Waals surface area (Å²) in [6.45, 7) is 5.95. The molecule has 24 heavy (non-hydrogen) atoms. The van der Waals surface area contributed by atoms with Gasteiger partial charge in [-0.15, -0.1) is 0 Å². The number of nitrogens with zero attached hydrogens (tertiary/aromatic N) is 4. The summed E-state index contributed by atoms with van der Waals surface area (Å²) in [5, 5.41) is 7.22. The van der Waals surface area contributed by atoms with Gasteiger partial charge in [-0.1, -0.05) is 0 Å². The van der Waals surface area contributed by atoms with Crippen molar-refractivity contribution >= 4 is 11.6 Å². The largest absolute Gasteiger partial charge is 0.365 e. The number of aromatic nitrogens is 2. The summed E-state index contributed by atoms with van der Waals surface area (Å²) in [4.78, 5) is 14.1. The Labute approximate surface area is 143 Å².